The third-order valence-electron chi connectivity index (χ3n) is 4.33. The topological polar surface area (TPSA) is 37.4 Å². The van der Waals surface area contributed by atoms with Gasteiger partial charge in [-0.1, -0.05) is 38.0 Å². The van der Waals surface area contributed by atoms with Gasteiger partial charge in [-0.05, 0) is 25.7 Å². The number of carbonyl (C=O) groups is 2. The van der Waals surface area contributed by atoms with Crippen LogP contribution in [0.5, 0.6) is 0 Å². The molecule has 0 aromatic carbocycles. The summed E-state index contributed by atoms with van der Waals surface area (Å²) in [5, 5.41) is 0. The van der Waals surface area contributed by atoms with Gasteiger partial charge < -0.3 is 0 Å². The quantitative estimate of drug-likeness (QED) is 0.418. The second kappa shape index (κ2) is 5.72. The molecule has 1 heterocycles. The number of allylic oxidation sites excluding steroid dienone is 2. The predicted molar refractivity (Wildman–Crippen MR) is 75.4 cm³/mol. The Hall–Kier alpha value is -1.38. The van der Waals surface area contributed by atoms with E-state index in [1.54, 1.807) is 6.08 Å². The minimum absolute atomic E-state index is 0.00514. The first-order valence-corrected chi connectivity index (χ1v) is 7.31. The van der Waals surface area contributed by atoms with E-state index in [2.05, 4.69) is 13.5 Å². The number of carbonyl (C=O) groups excluding carboxylic acids is 2. The molecule has 1 fully saturated rings. The molecule has 3 heteroatoms. The van der Waals surface area contributed by atoms with Crippen LogP contribution < -0.4 is 0 Å². The fourth-order valence-corrected chi connectivity index (χ4v) is 3.30. The Morgan fingerprint density at radius 2 is 2.26 bits per heavy atom. The molecule has 19 heavy (non-hydrogen) atoms. The smallest absolute Gasteiger partial charge is 0.240 e. The highest BCUT2D eigenvalue weighted by molar-refractivity contribution is 6.08. The number of nitrogens with zero attached hydrogens (tertiary/aromatic N) is 1. The number of amides is 2. The van der Waals surface area contributed by atoms with Crippen LogP contribution in [0.1, 0.15) is 45.4 Å². The molecule has 104 valence electrons. The molecule has 0 bridgehead atoms. The van der Waals surface area contributed by atoms with Gasteiger partial charge in [0.15, 0.2) is 0 Å². The van der Waals surface area contributed by atoms with Crippen molar-refractivity contribution in [3.05, 3.63) is 24.8 Å². The van der Waals surface area contributed by atoms with E-state index >= 15 is 0 Å². The van der Waals surface area contributed by atoms with Crippen LogP contribution in [0.15, 0.2) is 24.8 Å². The normalized spacial score (nSPS) is 29.7. The molecule has 3 nitrogen and oxygen atoms in total. The van der Waals surface area contributed by atoms with Gasteiger partial charge in [-0.2, -0.15) is 0 Å². The van der Waals surface area contributed by atoms with Crippen molar-refractivity contribution in [1.29, 1.82) is 0 Å². The first-order valence-electron chi connectivity index (χ1n) is 7.31. The van der Waals surface area contributed by atoms with E-state index in [0.717, 1.165) is 32.1 Å². The van der Waals surface area contributed by atoms with E-state index in [0.29, 0.717) is 13.0 Å². The molecule has 0 spiro atoms. The molecule has 1 saturated heterocycles. The Morgan fingerprint density at radius 3 is 2.95 bits per heavy atom. The minimum atomic E-state index is -0.622. The lowest BCUT2D eigenvalue weighted by atomic mass is 9.69. The Bertz CT molecular complexity index is 413. The molecular formula is C16H23NO2. The maximum atomic E-state index is 12.7. The fraction of sp³-hybridized carbons (Fsp3) is 0.625. The van der Waals surface area contributed by atoms with Crippen LogP contribution in [0.4, 0.5) is 0 Å². The van der Waals surface area contributed by atoms with Crippen LogP contribution in [0.2, 0.25) is 0 Å². The number of rotatable bonds is 6. The number of likely N-dealkylation sites (tertiary alicyclic amines) is 1. The molecule has 0 N–H and O–H groups in total. The van der Waals surface area contributed by atoms with Crippen LogP contribution >= 0.6 is 0 Å². The van der Waals surface area contributed by atoms with E-state index in [1.165, 1.54) is 4.90 Å². The second-order valence-electron chi connectivity index (χ2n) is 5.57. The first-order chi connectivity index (χ1) is 9.17. The third-order valence-corrected chi connectivity index (χ3v) is 4.33. The molecule has 0 aromatic rings. The fourth-order valence-electron chi connectivity index (χ4n) is 3.30. The molecule has 2 unspecified atom stereocenters. The van der Waals surface area contributed by atoms with Crippen LogP contribution in [-0.4, -0.2) is 23.3 Å². The average molecular weight is 261 g/mol. The van der Waals surface area contributed by atoms with E-state index in [9.17, 15) is 9.59 Å². The number of hydrogen-bond acceptors (Lipinski definition) is 2. The molecule has 1 aliphatic heterocycles. The van der Waals surface area contributed by atoms with Gasteiger partial charge in [-0.25, -0.2) is 0 Å². The highest BCUT2D eigenvalue weighted by Crippen LogP contribution is 2.47. The van der Waals surface area contributed by atoms with Crippen LogP contribution in [0, 0.1) is 11.3 Å². The van der Waals surface area contributed by atoms with E-state index < -0.39 is 5.41 Å². The Kier molecular flexibility index (Phi) is 4.23. The van der Waals surface area contributed by atoms with Crippen molar-refractivity contribution in [3.8, 4) is 0 Å². The molecule has 0 aromatic heterocycles. The lowest BCUT2D eigenvalue weighted by Gasteiger charge is -2.29. The number of imide groups is 1. The maximum Gasteiger partial charge on any atom is 0.240 e. The summed E-state index contributed by atoms with van der Waals surface area (Å²) in [6.07, 6.45) is 11.1. The number of fused-ring (bicyclic) bond motifs is 1. The van der Waals surface area contributed by atoms with Crippen molar-refractivity contribution in [3.63, 3.8) is 0 Å². The van der Waals surface area contributed by atoms with Crippen LogP contribution in [0.25, 0.3) is 0 Å². The molecule has 2 aliphatic rings. The van der Waals surface area contributed by atoms with E-state index in [1.807, 2.05) is 12.2 Å². The third kappa shape index (κ3) is 2.26. The lowest BCUT2D eigenvalue weighted by molar-refractivity contribution is -0.140. The lowest BCUT2D eigenvalue weighted by Crippen LogP contribution is -2.36. The number of hydrogen-bond donors (Lipinski definition) is 0. The van der Waals surface area contributed by atoms with Gasteiger partial charge in [0, 0.05) is 6.54 Å². The summed E-state index contributed by atoms with van der Waals surface area (Å²) in [4.78, 5) is 26.6. The van der Waals surface area contributed by atoms with Crippen LogP contribution in [0.3, 0.4) is 0 Å². The van der Waals surface area contributed by atoms with Crippen molar-refractivity contribution in [1.82, 2.24) is 4.90 Å². The summed E-state index contributed by atoms with van der Waals surface area (Å²) >= 11 is 0. The second-order valence-corrected chi connectivity index (χ2v) is 5.57. The van der Waals surface area contributed by atoms with Gasteiger partial charge >= 0.3 is 0 Å². The van der Waals surface area contributed by atoms with Crippen molar-refractivity contribution in [2.24, 2.45) is 11.3 Å². The molecule has 2 atom stereocenters. The van der Waals surface area contributed by atoms with Gasteiger partial charge in [-0.15, -0.1) is 6.58 Å². The van der Waals surface area contributed by atoms with Crippen molar-refractivity contribution < 1.29 is 9.59 Å². The summed E-state index contributed by atoms with van der Waals surface area (Å²) in [5.41, 5.74) is -0.622. The largest absolute Gasteiger partial charge is 0.282 e. The summed E-state index contributed by atoms with van der Waals surface area (Å²) in [6.45, 7) is 6.45. The molecule has 2 amide bonds. The van der Waals surface area contributed by atoms with Gasteiger partial charge in [-0.3, -0.25) is 14.5 Å². The van der Waals surface area contributed by atoms with Gasteiger partial charge in [0.2, 0.25) is 11.8 Å². The van der Waals surface area contributed by atoms with E-state index in [-0.39, 0.29) is 17.7 Å². The highest BCUT2D eigenvalue weighted by atomic mass is 16.2. The molecule has 0 saturated carbocycles. The van der Waals surface area contributed by atoms with Gasteiger partial charge in [0.25, 0.3) is 0 Å². The minimum Gasteiger partial charge on any atom is -0.282 e. The Morgan fingerprint density at radius 1 is 1.47 bits per heavy atom. The zero-order valence-corrected chi connectivity index (χ0v) is 11.7. The highest BCUT2D eigenvalue weighted by Gasteiger charge is 2.57. The number of unbranched alkanes of at least 4 members (excludes halogenated alkanes) is 2. The van der Waals surface area contributed by atoms with E-state index in [4.69, 9.17) is 0 Å². The zero-order chi connectivity index (χ0) is 13.9. The zero-order valence-electron chi connectivity index (χ0n) is 11.7. The predicted octanol–water partition coefficient (Wildman–Crippen LogP) is 3.07. The summed E-state index contributed by atoms with van der Waals surface area (Å²) in [7, 11) is 0. The summed E-state index contributed by atoms with van der Waals surface area (Å²) in [6, 6.07) is 0. The molecule has 1 aliphatic carbocycles. The molecular weight excluding hydrogens is 238 g/mol. The standard InChI is InChI=1S/C16H23NO2/c1-3-5-8-12-17-14(18)13-9-6-7-11-16(13,10-4-2)15(17)19/h4,7,11,13H,2-3,5-6,8-10,12H2,1H3. The SMILES string of the molecule is C=CCC12C=CCCC1C(=O)N(CCCCC)C2=O. The van der Waals surface area contributed by atoms with Crippen molar-refractivity contribution >= 4 is 11.8 Å². The maximum absolute atomic E-state index is 12.7. The van der Waals surface area contributed by atoms with Crippen molar-refractivity contribution in [2.45, 2.75) is 45.4 Å². The summed E-state index contributed by atoms with van der Waals surface area (Å²) in [5.74, 6) is -0.133. The Labute approximate surface area is 115 Å². The first kappa shape index (κ1) is 14.0. The monoisotopic (exact) mass is 261 g/mol. The van der Waals surface area contributed by atoms with Gasteiger partial charge in [0.1, 0.15) is 0 Å². The Balaban J connectivity index is 2.22. The summed E-state index contributed by atoms with van der Waals surface area (Å²) < 4.78 is 0. The van der Waals surface area contributed by atoms with Crippen molar-refractivity contribution in [2.75, 3.05) is 6.54 Å². The van der Waals surface area contributed by atoms with Crippen LogP contribution in [-0.2, 0) is 9.59 Å². The molecule has 0 radical (unpaired) electrons. The molecule has 2 rings (SSSR count). The average Bonchev–Trinajstić information content (AvgIpc) is 2.62. The van der Waals surface area contributed by atoms with Gasteiger partial charge in [0.05, 0.1) is 11.3 Å².